The molecule has 88 valence electrons. The molecule has 0 amide bonds. The lowest BCUT2D eigenvalue weighted by Gasteiger charge is -2.03. The second kappa shape index (κ2) is 4.78. The molecule has 3 rings (SSSR count). The molecule has 0 unspecified atom stereocenters. The Balaban J connectivity index is 1.67. The zero-order valence-corrected chi connectivity index (χ0v) is 11.8. The predicted molar refractivity (Wildman–Crippen MR) is 75.6 cm³/mol. The lowest BCUT2D eigenvalue weighted by molar-refractivity contribution is 0.913. The molecule has 0 spiro atoms. The first kappa shape index (κ1) is 11.2. The molecule has 0 saturated carbocycles. The van der Waals surface area contributed by atoms with Crippen LogP contribution < -0.4 is 5.32 Å². The number of nitrogens with one attached hydrogen (secondary N) is 1. The van der Waals surface area contributed by atoms with Crippen LogP contribution in [0.3, 0.4) is 0 Å². The lowest BCUT2D eigenvalue weighted by Crippen LogP contribution is -1.99. The fourth-order valence-electron chi connectivity index (χ4n) is 2.16. The van der Waals surface area contributed by atoms with Gasteiger partial charge in [-0.05, 0) is 59.0 Å². The van der Waals surface area contributed by atoms with E-state index in [1.54, 1.807) is 10.4 Å². The van der Waals surface area contributed by atoms with Crippen LogP contribution in [0.1, 0.15) is 21.7 Å². The summed E-state index contributed by atoms with van der Waals surface area (Å²) >= 11 is 5.32. The first-order chi connectivity index (χ1) is 8.31. The van der Waals surface area contributed by atoms with Gasteiger partial charge in [0.05, 0.1) is 6.54 Å². The van der Waals surface area contributed by atoms with Crippen LogP contribution in [-0.4, -0.2) is 4.98 Å². The number of aryl methyl sites for hydroxylation is 2. The van der Waals surface area contributed by atoms with E-state index < -0.39 is 0 Å². The summed E-state index contributed by atoms with van der Waals surface area (Å²) in [5, 5.41) is 3.36. The van der Waals surface area contributed by atoms with Gasteiger partial charge in [0.25, 0.3) is 0 Å². The van der Waals surface area contributed by atoms with Gasteiger partial charge >= 0.3 is 0 Å². The van der Waals surface area contributed by atoms with E-state index in [0.29, 0.717) is 0 Å². The van der Waals surface area contributed by atoms with Crippen molar-refractivity contribution in [3.63, 3.8) is 0 Å². The lowest BCUT2D eigenvalue weighted by atomic mass is 10.2. The Morgan fingerprint density at radius 3 is 3.12 bits per heavy atom. The molecule has 2 heterocycles. The van der Waals surface area contributed by atoms with E-state index in [2.05, 4.69) is 32.3 Å². The van der Waals surface area contributed by atoms with Gasteiger partial charge in [-0.3, -0.25) is 0 Å². The number of halogens is 1. The van der Waals surface area contributed by atoms with Gasteiger partial charge < -0.3 is 5.32 Å². The fraction of sp³-hybridized carbons (Fsp3) is 0.308. The van der Waals surface area contributed by atoms with Gasteiger partial charge in [-0.15, -0.1) is 11.3 Å². The molecule has 1 aliphatic carbocycles. The average molecular weight is 309 g/mol. The first-order valence-electron chi connectivity index (χ1n) is 5.78. The highest BCUT2D eigenvalue weighted by Crippen LogP contribution is 2.30. The molecule has 0 aromatic carbocycles. The van der Waals surface area contributed by atoms with Gasteiger partial charge in [0, 0.05) is 9.75 Å². The highest BCUT2D eigenvalue weighted by Gasteiger charge is 2.14. The summed E-state index contributed by atoms with van der Waals surface area (Å²) in [5.41, 5.74) is 1.56. The van der Waals surface area contributed by atoms with E-state index in [1.807, 2.05) is 29.5 Å². The number of rotatable bonds is 3. The minimum absolute atomic E-state index is 0.871. The molecule has 0 radical (unpaired) electrons. The van der Waals surface area contributed by atoms with Crippen molar-refractivity contribution >= 4 is 33.1 Å². The van der Waals surface area contributed by atoms with Crippen LogP contribution in [0.15, 0.2) is 28.9 Å². The zero-order chi connectivity index (χ0) is 11.7. The fourth-order valence-corrected chi connectivity index (χ4v) is 3.71. The maximum Gasteiger partial charge on any atom is 0.127 e. The SMILES string of the molecule is Brc1cccc(NCc2cc3c(s2)CCC3)n1. The number of pyridine rings is 1. The van der Waals surface area contributed by atoms with Crippen molar-refractivity contribution in [1.29, 1.82) is 0 Å². The average Bonchev–Trinajstić information content (AvgIpc) is 2.86. The highest BCUT2D eigenvalue weighted by atomic mass is 79.9. The molecule has 0 bridgehead atoms. The van der Waals surface area contributed by atoms with Crippen LogP contribution in [0.4, 0.5) is 5.82 Å². The van der Waals surface area contributed by atoms with Crippen LogP contribution in [0.25, 0.3) is 0 Å². The minimum atomic E-state index is 0.871. The molecule has 17 heavy (non-hydrogen) atoms. The van der Waals surface area contributed by atoms with E-state index >= 15 is 0 Å². The Bertz CT molecular complexity index is 514. The molecule has 0 aliphatic heterocycles. The smallest absolute Gasteiger partial charge is 0.127 e. The molecule has 2 nitrogen and oxygen atoms in total. The molecule has 4 heteroatoms. The van der Waals surface area contributed by atoms with Gasteiger partial charge in [-0.25, -0.2) is 4.98 Å². The Labute approximate surface area is 113 Å². The third kappa shape index (κ3) is 2.53. The van der Waals surface area contributed by atoms with Crippen molar-refractivity contribution in [2.24, 2.45) is 0 Å². The van der Waals surface area contributed by atoms with Crippen LogP contribution in [0.2, 0.25) is 0 Å². The highest BCUT2D eigenvalue weighted by molar-refractivity contribution is 9.10. The third-order valence-electron chi connectivity index (χ3n) is 2.96. The van der Waals surface area contributed by atoms with E-state index in [1.165, 1.54) is 24.1 Å². The Hall–Kier alpha value is -0.870. The summed E-state index contributed by atoms with van der Waals surface area (Å²) in [5.74, 6) is 0.924. The third-order valence-corrected chi connectivity index (χ3v) is 4.64. The van der Waals surface area contributed by atoms with Gasteiger partial charge in [0.15, 0.2) is 0 Å². The number of hydrogen-bond donors (Lipinski definition) is 1. The minimum Gasteiger partial charge on any atom is -0.365 e. The van der Waals surface area contributed by atoms with E-state index in [4.69, 9.17) is 0 Å². The van der Waals surface area contributed by atoms with Crippen LogP contribution in [0, 0.1) is 0 Å². The van der Waals surface area contributed by atoms with Crippen molar-refractivity contribution in [3.8, 4) is 0 Å². The van der Waals surface area contributed by atoms with Gasteiger partial charge in [-0.2, -0.15) is 0 Å². The van der Waals surface area contributed by atoms with Crippen LogP contribution >= 0.6 is 27.3 Å². The van der Waals surface area contributed by atoms with E-state index in [0.717, 1.165) is 17.0 Å². The summed E-state index contributed by atoms with van der Waals surface area (Å²) in [4.78, 5) is 7.36. The molecule has 0 atom stereocenters. The number of nitrogens with zero attached hydrogens (tertiary/aromatic N) is 1. The van der Waals surface area contributed by atoms with E-state index in [-0.39, 0.29) is 0 Å². The van der Waals surface area contributed by atoms with Gasteiger partial charge in [0.2, 0.25) is 0 Å². The molecule has 1 aliphatic rings. The molecule has 2 aromatic rings. The maximum atomic E-state index is 4.36. The second-order valence-corrected chi connectivity index (χ2v) is 6.25. The molecule has 2 aromatic heterocycles. The largest absolute Gasteiger partial charge is 0.365 e. The number of aromatic nitrogens is 1. The monoisotopic (exact) mass is 308 g/mol. The summed E-state index contributed by atoms with van der Waals surface area (Å²) < 4.78 is 0.871. The number of thiophene rings is 1. The maximum absolute atomic E-state index is 4.36. The van der Waals surface area contributed by atoms with Crippen molar-refractivity contribution in [1.82, 2.24) is 4.98 Å². The van der Waals surface area contributed by atoms with Gasteiger partial charge in [0.1, 0.15) is 10.4 Å². The van der Waals surface area contributed by atoms with Crippen LogP contribution in [-0.2, 0) is 19.4 Å². The summed E-state index contributed by atoms with van der Waals surface area (Å²) in [6, 6.07) is 8.27. The normalized spacial score (nSPS) is 13.7. The number of fused-ring (bicyclic) bond motifs is 1. The molecular formula is C13H13BrN2S. The zero-order valence-electron chi connectivity index (χ0n) is 9.37. The molecule has 0 fully saturated rings. The molecule has 0 saturated heterocycles. The quantitative estimate of drug-likeness (QED) is 0.867. The predicted octanol–water partition coefficient (Wildman–Crippen LogP) is 4.01. The summed E-state index contributed by atoms with van der Waals surface area (Å²) in [7, 11) is 0. The van der Waals surface area contributed by atoms with Crippen molar-refractivity contribution in [2.45, 2.75) is 25.8 Å². The topological polar surface area (TPSA) is 24.9 Å². The first-order valence-corrected chi connectivity index (χ1v) is 7.39. The van der Waals surface area contributed by atoms with Crippen molar-refractivity contribution < 1.29 is 0 Å². The number of anilines is 1. The van der Waals surface area contributed by atoms with Crippen molar-refractivity contribution in [2.75, 3.05) is 5.32 Å². The Morgan fingerprint density at radius 1 is 1.35 bits per heavy atom. The van der Waals surface area contributed by atoms with Gasteiger partial charge in [-0.1, -0.05) is 6.07 Å². The van der Waals surface area contributed by atoms with E-state index in [9.17, 15) is 0 Å². The number of hydrogen-bond acceptors (Lipinski definition) is 3. The molecule has 1 N–H and O–H groups in total. The summed E-state index contributed by atoms with van der Waals surface area (Å²) in [6.45, 7) is 0.876. The standard InChI is InChI=1S/C13H13BrN2S/c14-12-5-2-6-13(16-12)15-8-10-7-9-3-1-4-11(9)17-10/h2,5-7H,1,3-4,8H2,(H,15,16). The summed E-state index contributed by atoms with van der Waals surface area (Å²) in [6.07, 6.45) is 3.87. The Morgan fingerprint density at radius 2 is 2.29 bits per heavy atom. The van der Waals surface area contributed by atoms with Crippen molar-refractivity contribution in [3.05, 3.63) is 44.2 Å². The Kier molecular flexibility index (Phi) is 3.16. The van der Waals surface area contributed by atoms with Crippen LogP contribution in [0.5, 0.6) is 0 Å². The molecular weight excluding hydrogens is 296 g/mol. The second-order valence-electron chi connectivity index (χ2n) is 4.21.